The molecule has 0 saturated heterocycles. The molecule has 4 aromatic rings. The molecule has 0 saturated carbocycles. The predicted molar refractivity (Wildman–Crippen MR) is 162 cm³/mol. The first-order valence-corrected chi connectivity index (χ1v) is 15.8. The van der Waals surface area contributed by atoms with Crippen LogP contribution in [-0.4, -0.2) is 49.0 Å². The van der Waals surface area contributed by atoms with E-state index in [1.165, 1.54) is 29.2 Å². The van der Waals surface area contributed by atoms with Crippen LogP contribution >= 0.6 is 0 Å². The first-order chi connectivity index (χ1) is 21.2. The number of carbonyl (C=O) groups excluding carboxylic acids is 2. The second-order valence-electron chi connectivity index (χ2n) is 10.4. The fourth-order valence-electron chi connectivity index (χ4n) is 4.87. The van der Waals surface area contributed by atoms with Gasteiger partial charge in [-0.15, -0.1) is 0 Å². The van der Waals surface area contributed by atoms with Gasteiger partial charge < -0.3 is 19.7 Å². The zero-order chi connectivity index (χ0) is 31.1. The number of sulfonamides is 1. The minimum absolute atomic E-state index is 0.0257. The highest BCUT2D eigenvalue weighted by Crippen LogP contribution is 2.32. The number of fused-ring (bicyclic) bond motifs is 1. The molecule has 5 rings (SSSR count). The Bertz CT molecular complexity index is 1700. The molecule has 0 spiro atoms. The number of hydrogen-bond donors (Lipinski definition) is 1. The van der Waals surface area contributed by atoms with Crippen LogP contribution in [0.25, 0.3) is 0 Å². The van der Waals surface area contributed by atoms with Crippen molar-refractivity contribution < 1.29 is 31.9 Å². The maximum Gasteiger partial charge on any atom is 0.247 e. The quantitative estimate of drug-likeness (QED) is 0.253. The Morgan fingerprint density at radius 3 is 2.11 bits per heavy atom. The number of amides is 2. The summed E-state index contributed by atoms with van der Waals surface area (Å²) < 4.78 is 51.3. The number of nitrogens with one attached hydrogen (secondary N) is 1. The summed E-state index contributed by atoms with van der Waals surface area (Å²) in [5, 5.41) is 2.92. The molecule has 1 aliphatic rings. The molecule has 1 aliphatic heterocycles. The lowest BCUT2D eigenvalue weighted by Crippen LogP contribution is -2.47. The first kappa shape index (κ1) is 30.7. The summed E-state index contributed by atoms with van der Waals surface area (Å²) in [6.07, 6.45) is 1.04. The van der Waals surface area contributed by atoms with E-state index in [0.29, 0.717) is 28.2 Å². The van der Waals surface area contributed by atoms with Gasteiger partial charge in [0.15, 0.2) is 11.5 Å². The zero-order valence-corrected chi connectivity index (χ0v) is 24.9. The Balaban J connectivity index is 1.46. The molecule has 1 heterocycles. The van der Waals surface area contributed by atoms with E-state index >= 15 is 0 Å². The summed E-state index contributed by atoms with van der Waals surface area (Å²) in [6.45, 7) is -0.341. The van der Waals surface area contributed by atoms with Gasteiger partial charge in [-0.25, -0.2) is 12.8 Å². The van der Waals surface area contributed by atoms with Crippen LogP contribution < -0.4 is 14.8 Å². The highest BCUT2D eigenvalue weighted by molar-refractivity contribution is 7.88. The van der Waals surface area contributed by atoms with E-state index in [4.69, 9.17) is 9.47 Å². The highest BCUT2D eigenvalue weighted by atomic mass is 32.2. The van der Waals surface area contributed by atoms with Crippen LogP contribution in [0.5, 0.6) is 11.5 Å². The molecule has 1 N–H and O–H groups in total. The van der Waals surface area contributed by atoms with Crippen molar-refractivity contribution in [2.24, 2.45) is 0 Å². The molecule has 4 aromatic carbocycles. The number of carbonyl (C=O) groups is 2. The lowest BCUT2D eigenvalue weighted by molar-refractivity contribution is -0.141. The summed E-state index contributed by atoms with van der Waals surface area (Å²) in [5.41, 5.74) is 2.56. The van der Waals surface area contributed by atoms with Gasteiger partial charge >= 0.3 is 0 Å². The Labute approximate surface area is 255 Å². The Kier molecular flexibility index (Phi) is 9.56. The average molecular weight is 618 g/mol. The van der Waals surface area contributed by atoms with Gasteiger partial charge in [-0.1, -0.05) is 78.9 Å². The average Bonchev–Trinajstić information content (AvgIpc) is 3.49. The van der Waals surface area contributed by atoms with E-state index < -0.39 is 40.2 Å². The third-order valence-electron chi connectivity index (χ3n) is 7.15. The Hall–Kier alpha value is -4.74. The maximum atomic E-state index is 14.1. The fourth-order valence-corrected chi connectivity index (χ4v) is 5.60. The van der Waals surface area contributed by atoms with Crippen molar-refractivity contribution in [2.75, 3.05) is 19.6 Å². The molecule has 9 nitrogen and oxygen atoms in total. The Morgan fingerprint density at radius 2 is 1.43 bits per heavy atom. The number of benzene rings is 4. The lowest BCUT2D eigenvalue weighted by Gasteiger charge is -2.33. The minimum atomic E-state index is -3.82. The van der Waals surface area contributed by atoms with Crippen molar-refractivity contribution in [3.63, 3.8) is 0 Å². The standard InChI is InChI=1S/C33H32FN3O6S/c1-44(40,41)36(20-24-8-4-2-5-9-24)22-31(38)37(21-25-12-15-28(34)16-13-25)32(27-10-6-3-7-11-27)33(39)35-19-26-14-17-29-30(18-26)43-23-42-29/h2-18,32H,19-23H2,1H3,(H,35,39)/t32-/m1/s1. The van der Waals surface area contributed by atoms with Crippen LogP contribution in [-0.2, 0) is 39.2 Å². The number of hydrogen-bond acceptors (Lipinski definition) is 6. The Morgan fingerprint density at radius 1 is 0.818 bits per heavy atom. The van der Waals surface area contributed by atoms with Gasteiger partial charge in [-0.3, -0.25) is 9.59 Å². The molecular weight excluding hydrogens is 585 g/mol. The van der Waals surface area contributed by atoms with Crippen molar-refractivity contribution in [3.05, 3.63) is 131 Å². The number of ether oxygens (including phenoxy) is 2. The number of rotatable bonds is 12. The van der Waals surface area contributed by atoms with E-state index in [-0.39, 0.29) is 26.4 Å². The largest absolute Gasteiger partial charge is 0.454 e. The second-order valence-corrected chi connectivity index (χ2v) is 12.4. The van der Waals surface area contributed by atoms with Gasteiger partial charge in [-0.05, 0) is 46.5 Å². The zero-order valence-electron chi connectivity index (χ0n) is 24.1. The highest BCUT2D eigenvalue weighted by Gasteiger charge is 2.34. The van der Waals surface area contributed by atoms with Crippen molar-refractivity contribution >= 4 is 21.8 Å². The molecule has 0 bridgehead atoms. The molecule has 228 valence electrons. The fraction of sp³-hybridized carbons (Fsp3) is 0.212. The summed E-state index contributed by atoms with van der Waals surface area (Å²) in [5.74, 6) is -0.326. The van der Waals surface area contributed by atoms with Crippen molar-refractivity contribution in [3.8, 4) is 11.5 Å². The maximum absolute atomic E-state index is 14.1. The van der Waals surface area contributed by atoms with Gasteiger partial charge in [0.25, 0.3) is 0 Å². The molecule has 2 amide bonds. The van der Waals surface area contributed by atoms with Gasteiger partial charge in [0.05, 0.1) is 12.8 Å². The molecule has 0 aliphatic carbocycles. The van der Waals surface area contributed by atoms with Crippen LogP contribution in [0.2, 0.25) is 0 Å². The minimum Gasteiger partial charge on any atom is -0.454 e. The third-order valence-corrected chi connectivity index (χ3v) is 8.34. The third kappa shape index (κ3) is 7.80. The first-order valence-electron chi connectivity index (χ1n) is 13.9. The number of halogens is 1. The van der Waals surface area contributed by atoms with E-state index in [0.717, 1.165) is 16.1 Å². The summed E-state index contributed by atoms with van der Waals surface area (Å²) in [7, 11) is -3.82. The van der Waals surface area contributed by atoms with Crippen LogP contribution in [0.4, 0.5) is 4.39 Å². The molecular formula is C33H32FN3O6S. The normalized spacial score (nSPS) is 13.0. The number of nitrogens with zero attached hydrogens (tertiary/aromatic N) is 2. The van der Waals surface area contributed by atoms with Gasteiger partial charge in [0.2, 0.25) is 28.6 Å². The van der Waals surface area contributed by atoms with Crippen LogP contribution in [0.1, 0.15) is 28.3 Å². The molecule has 0 fully saturated rings. The lowest BCUT2D eigenvalue weighted by atomic mass is 10.0. The summed E-state index contributed by atoms with van der Waals surface area (Å²) in [4.78, 5) is 29.4. The van der Waals surface area contributed by atoms with E-state index in [2.05, 4.69) is 5.32 Å². The topological polar surface area (TPSA) is 105 Å². The SMILES string of the molecule is CS(=O)(=O)N(CC(=O)N(Cc1ccc(F)cc1)[C@@H](C(=O)NCc1ccc2c(c1)OCO2)c1ccccc1)Cc1ccccc1. The van der Waals surface area contributed by atoms with Crippen LogP contribution in [0, 0.1) is 5.82 Å². The van der Waals surface area contributed by atoms with Crippen molar-refractivity contribution in [2.45, 2.75) is 25.7 Å². The molecule has 0 aromatic heterocycles. The predicted octanol–water partition coefficient (Wildman–Crippen LogP) is 4.40. The molecule has 44 heavy (non-hydrogen) atoms. The molecule has 11 heteroatoms. The summed E-state index contributed by atoms with van der Waals surface area (Å²) in [6, 6.07) is 27.5. The van der Waals surface area contributed by atoms with Gasteiger partial charge in [0, 0.05) is 19.6 Å². The van der Waals surface area contributed by atoms with E-state index in [9.17, 15) is 22.4 Å². The van der Waals surface area contributed by atoms with Crippen molar-refractivity contribution in [1.82, 2.24) is 14.5 Å². The van der Waals surface area contributed by atoms with Crippen molar-refractivity contribution in [1.29, 1.82) is 0 Å². The van der Waals surface area contributed by atoms with Gasteiger partial charge in [0.1, 0.15) is 11.9 Å². The summed E-state index contributed by atoms with van der Waals surface area (Å²) >= 11 is 0. The monoisotopic (exact) mass is 617 g/mol. The second kappa shape index (κ2) is 13.7. The van der Waals surface area contributed by atoms with E-state index in [1.54, 1.807) is 72.8 Å². The van der Waals surface area contributed by atoms with Crippen LogP contribution in [0.15, 0.2) is 103 Å². The van der Waals surface area contributed by atoms with Crippen LogP contribution in [0.3, 0.4) is 0 Å². The molecule has 0 radical (unpaired) electrons. The smallest absolute Gasteiger partial charge is 0.247 e. The van der Waals surface area contributed by atoms with Gasteiger partial charge in [-0.2, -0.15) is 4.31 Å². The molecule has 0 unspecified atom stereocenters. The molecule has 1 atom stereocenters. The van der Waals surface area contributed by atoms with E-state index in [1.807, 2.05) is 6.07 Å².